The highest BCUT2D eigenvalue weighted by Crippen LogP contribution is 2.27. The van der Waals surface area contributed by atoms with Crippen molar-refractivity contribution in [3.63, 3.8) is 0 Å². The molecule has 1 saturated heterocycles. The Morgan fingerprint density at radius 1 is 1.11 bits per heavy atom. The van der Waals surface area contributed by atoms with Gasteiger partial charge in [-0.3, -0.25) is 4.79 Å². The van der Waals surface area contributed by atoms with E-state index in [9.17, 15) is 4.79 Å². The van der Waals surface area contributed by atoms with Crippen molar-refractivity contribution in [2.45, 2.75) is 39.2 Å². The van der Waals surface area contributed by atoms with E-state index in [1.165, 1.54) is 10.5 Å². The smallest absolute Gasteiger partial charge is 0.282 e. The van der Waals surface area contributed by atoms with Gasteiger partial charge in [0.25, 0.3) is 5.91 Å². The number of nitrogens with zero attached hydrogens (tertiary/aromatic N) is 1. The van der Waals surface area contributed by atoms with Crippen molar-refractivity contribution in [2.24, 2.45) is 0 Å². The van der Waals surface area contributed by atoms with Crippen LogP contribution in [0.4, 0.5) is 11.4 Å². The number of anilines is 2. The first-order valence-corrected chi connectivity index (χ1v) is 10.6. The van der Waals surface area contributed by atoms with Crippen molar-refractivity contribution in [3.8, 4) is 0 Å². The standard InChI is InChI=1S/C23H30ClN3O/c1-4-17(2)19-9-5-7-11-21(19)25-23(28)18(3)26-13-15-27(16-14-26)22-12-8-6-10-20(22)24/h5-12,17-18H,4,13-16H2,1-3H3,(H,25,28)/p+1/t17-,18+/m0/s1. The van der Waals surface area contributed by atoms with Gasteiger partial charge in [-0.2, -0.15) is 0 Å². The summed E-state index contributed by atoms with van der Waals surface area (Å²) in [5.74, 6) is 0.523. The summed E-state index contributed by atoms with van der Waals surface area (Å²) in [6.07, 6.45) is 1.05. The second kappa shape index (κ2) is 9.44. The number of carbonyl (C=O) groups excluding carboxylic acids is 1. The molecular formula is C23H31ClN3O+. The van der Waals surface area contributed by atoms with Crippen LogP contribution >= 0.6 is 11.6 Å². The van der Waals surface area contributed by atoms with Crippen LogP contribution in [0, 0.1) is 0 Å². The van der Waals surface area contributed by atoms with Crippen LogP contribution < -0.4 is 15.1 Å². The van der Waals surface area contributed by atoms with Crippen molar-refractivity contribution < 1.29 is 9.69 Å². The van der Waals surface area contributed by atoms with Gasteiger partial charge in [-0.05, 0) is 43.0 Å². The van der Waals surface area contributed by atoms with Gasteiger partial charge in [-0.1, -0.05) is 55.8 Å². The molecule has 2 N–H and O–H groups in total. The highest BCUT2D eigenvalue weighted by molar-refractivity contribution is 6.33. The van der Waals surface area contributed by atoms with Gasteiger partial charge in [0.15, 0.2) is 6.04 Å². The maximum absolute atomic E-state index is 12.9. The minimum atomic E-state index is -0.0848. The number of carbonyl (C=O) groups is 1. The van der Waals surface area contributed by atoms with E-state index >= 15 is 0 Å². The molecule has 4 nitrogen and oxygen atoms in total. The van der Waals surface area contributed by atoms with Crippen LogP contribution in [0.15, 0.2) is 48.5 Å². The summed E-state index contributed by atoms with van der Waals surface area (Å²) in [5, 5.41) is 3.97. The van der Waals surface area contributed by atoms with Crippen LogP contribution in [0.2, 0.25) is 5.02 Å². The van der Waals surface area contributed by atoms with Crippen LogP contribution in [0.3, 0.4) is 0 Å². The fourth-order valence-electron chi connectivity index (χ4n) is 3.86. The molecule has 0 unspecified atom stereocenters. The van der Waals surface area contributed by atoms with Gasteiger partial charge in [0.2, 0.25) is 0 Å². The average molecular weight is 401 g/mol. The molecule has 2 atom stereocenters. The highest BCUT2D eigenvalue weighted by atomic mass is 35.5. The average Bonchev–Trinajstić information content (AvgIpc) is 2.73. The number of quaternary nitrogens is 1. The molecule has 1 fully saturated rings. The number of rotatable bonds is 6. The van der Waals surface area contributed by atoms with Crippen molar-refractivity contribution in [3.05, 3.63) is 59.1 Å². The number of hydrogen-bond acceptors (Lipinski definition) is 2. The summed E-state index contributed by atoms with van der Waals surface area (Å²) in [6, 6.07) is 16.0. The number of hydrogen-bond donors (Lipinski definition) is 2. The molecule has 1 aliphatic heterocycles. The van der Waals surface area contributed by atoms with Crippen LogP contribution in [0.5, 0.6) is 0 Å². The lowest BCUT2D eigenvalue weighted by atomic mass is 9.97. The quantitative estimate of drug-likeness (QED) is 0.777. The lowest BCUT2D eigenvalue weighted by molar-refractivity contribution is -0.914. The summed E-state index contributed by atoms with van der Waals surface area (Å²) in [7, 11) is 0. The second-order valence-electron chi connectivity index (χ2n) is 7.70. The normalized spacial score (nSPS) is 17.2. The molecule has 28 heavy (non-hydrogen) atoms. The molecule has 0 bridgehead atoms. The van der Waals surface area contributed by atoms with E-state index in [-0.39, 0.29) is 11.9 Å². The van der Waals surface area contributed by atoms with Crippen molar-refractivity contribution in [2.75, 3.05) is 36.4 Å². The van der Waals surface area contributed by atoms with Gasteiger partial charge in [-0.25, -0.2) is 0 Å². The molecule has 2 aromatic carbocycles. The zero-order chi connectivity index (χ0) is 20.1. The van der Waals surface area contributed by atoms with Gasteiger partial charge >= 0.3 is 0 Å². The van der Waals surface area contributed by atoms with E-state index in [2.05, 4.69) is 36.2 Å². The van der Waals surface area contributed by atoms with Crippen LogP contribution in [-0.4, -0.2) is 38.1 Å². The molecule has 0 spiro atoms. The fourth-order valence-corrected chi connectivity index (χ4v) is 4.12. The molecule has 0 aliphatic carbocycles. The molecule has 5 heteroatoms. The van der Waals surface area contributed by atoms with Crippen molar-refractivity contribution in [1.82, 2.24) is 0 Å². The van der Waals surface area contributed by atoms with Crippen LogP contribution in [0.25, 0.3) is 0 Å². The molecule has 150 valence electrons. The molecule has 1 heterocycles. The molecular weight excluding hydrogens is 370 g/mol. The number of piperazine rings is 1. The monoisotopic (exact) mass is 400 g/mol. The third kappa shape index (κ3) is 4.68. The van der Waals surface area contributed by atoms with E-state index in [0.717, 1.165) is 49.0 Å². The first kappa shape index (κ1) is 20.7. The SMILES string of the molecule is CC[C@H](C)c1ccccc1NC(=O)[C@@H](C)[NH+]1CCN(c2ccccc2Cl)CC1. The lowest BCUT2D eigenvalue weighted by Gasteiger charge is -2.36. The summed E-state index contributed by atoms with van der Waals surface area (Å²) >= 11 is 6.34. The van der Waals surface area contributed by atoms with Gasteiger partial charge in [0.05, 0.1) is 36.9 Å². The summed E-state index contributed by atoms with van der Waals surface area (Å²) < 4.78 is 0. The highest BCUT2D eigenvalue weighted by Gasteiger charge is 2.30. The number of halogens is 1. The molecule has 0 aromatic heterocycles. The van der Waals surface area contributed by atoms with Gasteiger partial charge < -0.3 is 15.1 Å². The topological polar surface area (TPSA) is 36.8 Å². The van der Waals surface area contributed by atoms with Gasteiger partial charge in [0, 0.05) is 5.69 Å². The predicted molar refractivity (Wildman–Crippen MR) is 118 cm³/mol. The Balaban J connectivity index is 1.60. The van der Waals surface area contributed by atoms with Crippen molar-refractivity contribution >= 4 is 28.9 Å². The van der Waals surface area contributed by atoms with E-state index in [0.29, 0.717) is 5.92 Å². The maximum atomic E-state index is 12.9. The molecule has 0 radical (unpaired) electrons. The number of amides is 1. The molecule has 0 saturated carbocycles. The van der Waals surface area contributed by atoms with E-state index in [1.807, 2.05) is 43.3 Å². The lowest BCUT2D eigenvalue weighted by Crippen LogP contribution is -3.19. The molecule has 3 rings (SSSR count). The first-order valence-electron chi connectivity index (χ1n) is 10.2. The first-order chi connectivity index (χ1) is 13.5. The van der Waals surface area contributed by atoms with Gasteiger partial charge in [-0.15, -0.1) is 0 Å². The Bertz CT molecular complexity index is 802. The number of nitrogens with one attached hydrogen (secondary N) is 2. The third-order valence-electron chi connectivity index (χ3n) is 5.97. The van der Waals surface area contributed by atoms with E-state index < -0.39 is 0 Å². The largest absolute Gasteiger partial charge is 0.359 e. The predicted octanol–water partition coefficient (Wildman–Crippen LogP) is 3.59. The summed E-state index contributed by atoms with van der Waals surface area (Å²) in [6.45, 7) is 10.1. The third-order valence-corrected chi connectivity index (χ3v) is 6.29. The van der Waals surface area contributed by atoms with Crippen LogP contribution in [0.1, 0.15) is 38.7 Å². The second-order valence-corrected chi connectivity index (χ2v) is 8.11. The Kier molecular flexibility index (Phi) is 6.97. The van der Waals surface area contributed by atoms with E-state index in [4.69, 9.17) is 11.6 Å². The maximum Gasteiger partial charge on any atom is 0.282 e. The molecule has 2 aromatic rings. The molecule has 1 aliphatic rings. The summed E-state index contributed by atoms with van der Waals surface area (Å²) in [5.41, 5.74) is 3.25. The summed E-state index contributed by atoms with van der Waals surface area (Å²) in [4.78, 5) is 16.5. The number of para-hydroxylation sites is 2. The Morgan fingerprint density at radius 2 is 1.75 bits per heavy atom. The van der Waals surface area contributed by atoms with Crippen LogP contribution in [-0.2, 0) is 4.79 Å². The Hall–Kier alpha value is -2.04. The Morgan fingerprint density at radius 3 is 2.43 bits per heavy atom. The minimum Gasteiger partial charge on any atom is -0.359 e. The molecule has 1 amide bonds. The number of benzene rings is 2. The zero-order valence-electron chi connectivity index (χ0n) is 17.0. The zero-order valence-corrected chi connectivity index (χ0v) is 17.8. The fraction of sp³-hybridized carbons (Fsp3) is 0.435. The Labute approximate surface area is 173 Å². The van der Waals surface area contributed by atoms with Crippen molar-refractivity contribution in [1.29, 1.82) is 0 Å². The van der Waals surface area contributed by atoms with Gasteiger partial charge in [0.1, 0.15) is 0 Å². The van der Waals surface area contributed by atoms with E-state index in [1.54, 1.807) is 0 Å². The minimum absolute atomic E-state index is 0.0848.